The number of hydrogen-bond donors (Lipinski definition) is 0. The van der Waals surface area contributed by atoms with Crippen molar-refractivity contribution in [2.45, 2.75) is 29.8 Å². The van der Waals surface area contributed by atoms with E-state index in [-0.39, 0.29) is 23.4 Å². The van der Waals surface area contributed by atoms with E-state index >= 15 is 0 Å². The molecule has 24 heavy (non-hydrogen) atoms. The van der Waals surface area contributed by atoms with Crippen molar-refractivity contribution >= 4 is 35.0 Å². The number of amides is 1. The van der Waals surface area contributed by atoms with Gasteiger partial charge < -0.3 is 4.90 Å². The molecule has 0 fully saturated rings. The average Bonchev–Trinajstić information content (AvgIpc) is 2.52. The maximum atomic E-state index is 13.0. The van der Waals surface area contributed by atoms with E-state index in [1.807, 2.05) is 0 Å². The van der Waals surface area contributed by atoms with Crippen LogP contribution in [0.3, 0.4) is 0 Å². The van der Waals surface area contributed by atoms with Gasteiger partial charge in [0.05, 0.1) is 23.0 Å². The molecule has 1 amide bonds. The van der Waals surface area contributed by atoms with Crippen LogP contribution in [0.25, 0.3) is 0 Å². The van der Waals surface area contributed by atoms with Crippen molar-refractivity contribution in [3.63, 3.8) is 0 Å². The van der Waals surface area contributed by atoms with E-state index in [1.54, 1.807) is 31.2 Å². The van der Waals surface area contributed by atoms with Gasteiger partial charge >= 0.3 is 6.18 Å². The van der Waals surface area contributed by atoms with E-state index in [0.29, 0.717) is 15.5 Å². The number of alkyl halides is 3. The Labute approximate surface area is 146 Å². The van der Waals surface area contributed by atoms with Gasteiger partial charge in [-0.1, -0.05) is 29.8 Å². The highest BCUT2D eigenvalue weighted by atomic mass is 35.5. The van der Waals surface area contributed by atoms with Crippen LogP contribution in [0, 0.1) is 0 Å². The lowest BCUT2D eigenvalue weighted by atomic mass is 10.1. The summed E-state index contributed by atoms with van der Waals surface area (Å²) in [6.45, 7) is 1.88. The first-order valence-corrected chi connectivity index (χ1v) is 8.46. The van der Waals surface area contributed by atoms with Crippen LogP contribution < -0.4 is 4.90 Å². The second-order valence-corrected chi connectivity index (χ2v) is 7.25. The molecule has 0 aliphatic carbocycles. The molecule has 1 aliphatic heterocycles. The van der Waals surface area contributed by atoms with Gasteiger partial charge in [0.15, 0.2) is 0 Å². The molecule has 126 valence electrons. The zero-order valence-corrected chi connectivity index (χ0v) is 14.2. The average molecular weight is 372 g/mol. The number of halogens is 4. The summed E-state index contributed by atoms with van der Waals surface area (Å²) in [5.74, 6) is -0.230. The molecule has 1 atom stereocenters. The molecule has 3 rings (SSSR count). The highest BCUT2D eigenvalue weighted by Gasteiger charge is 2.35. The van der Waals surface area contributed by atoms with E-state index in [9.17, 15) is 18.0 Å². The number of benzene rings is 2. The molecule has 0 aromatic heterocycles. The second kappa shape index (κ2) is 6.33. The molecule has 0 bridgehead atoms. The lowest BCUT2D eigenvalue weighted by molar-refractivity contribution is -0.137. The third-order valence-corrected chi connectivity index (χ3v) is 5.30. The fourth-order valence-electron chi connectivity index (χ4n) is 2.54. The van der Waals surface area contributed by atoms with Crippen LogP contribution in [0.2, 0.25) is 5.02 Å². The fraction of sp³-hybridized carbons (Fsp3) is 0.235. The molecule has 2 aromatic carbocycles. The number of hydrogen-bond acceptors (Lipinski definition) is 2. The topological polar surface area (TPSA) is 20.3 Å². The van der Waals surface area contributed by atoms with Crippen molar-refractivity contribution in [1.29, 1.82) is 0 Å². The first-order valence-electron chi connectivity index (χ1n) is 7.20. The minimum Gasteiger partial charge on any atom is -0.306 e. The zero-order chi connectivity index (χ0) is 17.5. The van der Waals surface area contributed by atoms with Crippen molar-refractivity contribution in [3.8, 4) is 0 Å². The van der Waals surface area contributed by atoms with Crippen LogP contribution in [0.15, 0.2) is 47.4 Å². The standard InChI is InChI=1S/C17H13ClF3NOS/c1-10-16(23)22(9-11-4-2-3-5-13(11)18)14-8-12(17(19,20)21)6-7-15(14)24-10/h2-8,10H,9H2,1H3. The van der Waals surface area contributed by atoms with Crippen molar-refractivity contribution < 1.29 is 18.0 Å². The van der Waals surface area contributed by atoms with Gasteiger partial charge in [0.2, 0.25) is 5.91 Å². The van der Waals surface area contributed by atoms with E-state index in [0.717, 1.165) is 12.1 Å². The Balaban J connectivity index is 2.06. The number of fused-ring (bicyclic) bond motifs is 1. The summed E-state index contributed by atoms with van der Waals surface area (Å²) in [4.78, 5) is 14.6. The zero-order valence-electron chi connectivity index (χ0n) is 12.6. The number of nitrogens with zero attached hydrogens (tertiary/aromatic N) is 1. The van der Waals surface area contributed by atoms with Crippen LogP contribution in [-0.2, 0) is 17.5 Å². The van der Waals surface area contributed by atoms with E-state index < -0.39 is 11.7 Å². The van der Waals surface area contributed by atoms with E-state index in [4.69, 9.17) is 11.6 Å². The van der Waals surface area contributed by atoms with Crippen molar-refractivity contribution in [2.24, 2.45) is 0 Å². The van der Waals surface area contributed by atoms with Gasteiger partial charge in [-0.15, -0.1) is 11.8 Å². The van der Waals surface area contributed by atoms with Crippen LogP contribution in [0.5, 0.6) is 0 Å². The number of anilines is 1. The van der Waals surface area contributed by atoms with Crippen molar-refractivity contribution in [1.82, 2.24) is 0 Å². The lowest BCUT2D eigenvalue weighted by Gasteiger charge is -2.33. The van der Waals surface area contributed by atoms with Crippen LogP contribution in [0.1, 0.15) is 18.1 Å². The molecule has 1 unspecified atom stereocenters. The monoisotopic (exact) mass is 371 g/mol. The van der Waals surface area contributed by atoms with Crippen LogP contribution in [0.4, 0.5) is 18.9 Å². The minimum absolute atomic E-state index is 0.137. The highest BCUT2D eigenvalue weighted by Crippen LogP contribution is 2.43. The van der Waals surface area contributed by atoms with Gasteiger partial charge in [-0.05, 0) is 36.8 Å². The number of carbonyl (C=O) groups is 1. The number of carbonyl (C=O) groups excluding carboxylic acids is 1. The summed E-state index contributed by atoms with van der Waals surface area (Å²) in [5, 5.41) is 0.112. The van der Waals surface area contributed by atoms with Crippen LogP contribution in [-0.4, -0.2) is 11.2 Å². The molecule has 1 aliphatic rings. The normalized spacial score (nSPS) is 17.8. The summed E-state index contributed by atoms with van der Waals surface area (Å²) < 4.78 is 39.1. The second-order valence-electron chi connectivity index (χ2n) is 5.46. The lowest BCUT2D eigenvalue weighted by Crippen LogP contribution is -2.39. The smallest absolute Gasteiger partial charge is 0.306 e. The fourth-order valence-corrected chi connectivity index (χ4v) is 3.78. The minimum atomic E-state index is -4.46. The predicted octanol–water partition coefficient (Wildman–Crippen LogP) is 5.39. The Kier molecular flexibility index (Phi) is 4.53. The molecule has 2 aromatic rings. The SMILES string of the molecule is CC1Sc2ccc(C(F)(F)F)cc2N(Cc2ccccc2Cl)C1=O. The molecule has 1 heterocycles. The molecule has 0 spiro atoms. The maximum Gasteiger partial charge on any atom is 0.416 e. The first kappa shape index (κ1) is 17.2. The summed E-state index contributed by atoms with van der Waals surface area (Å²) >= 11 is 7.40. The summed E-state index contributed by atoms with van der Waals surface area (Å²) in [6, 6.07) is 10.5. The maximum absolute atomic E-state index is 13.0. The Bertz CT molecular complexity index is 794. The van der Waals surface area contributed by atoms with Gasteiger partial charge in [-0.3, -0.25) is 4.79 Å². The Morgan fingerprint density at radius 1 is 1.21 bits per heavy atom. The Hall–Kier alpha value is -1.66. The molecular formula is C17H13ClF3NOS. The molecule has 7 heteroatoms. The third kappa shape index (κ3) is 3.26. The molecule has 0 saturated heterocycles. The Morgan fingerprint density at radius 3 is 2.58 bits per heavy atom. The highest BCUT2D eigenvalue weighted by molar-refractivity contribution is 8.00. The molecule has 0 saturated carbocycles. The van der Waals surface area contributed by atoms with Gasteiger partial charge in [0.1, 0.15) is 0 Å². The molecule has 0 radical (unpaired) electrons. The van der Waals surface area contributed by atoms with Gasteiger partial charge in [-0.25, -0.2) is 0 Å². The summed E-state index contributed by atoms with van der Waals surface area (Å²) in [5.41, 5.74) is 0.196. The largest absolute Gasteiger partial charge is 0.416 e. The van der Waals surface area contributed by atoms with Gasteiger partial charge in [-0.2, -0.15) is 13.2 Å². The number of rotatable bonds is 2. The van der Waals surface area contributed by atoms with Crippen LogP contribution >= 0.6 is 23.4 Å². The van der Waals surface area contributed by atoms with Crippen molar-refractivity contribution in [2.75, 3.05) is 4.90 Å². The molecule has 0 N–H and O–H groups in total. The number of thioether (sulfide) groups is 1. The first-order chi connectivity index (χ1) is 11.3. The summed E-state index contributed by atoms with van der Waals surface area (Å²) in [7, 11) is 0. The third-order valence-electron chi connectivity index (χ3n) is 3.78. The van der Waals surface area contributed by atoms with Crippen molar-refractivity contribution in [3.05, 3.63) is 58.6 Å². The van der Waals surface area contributed by atoms with E-state index in [2.05, 4.69) is 0 Å². The summed E-state index contributed by atoms with van der Waals surface area (Å²) in [6.07, 6.45) is -4.46. The molecule has 2 nitrogen and oxygen atoms in total. The predicted molar refractivity (Wildman–Crippen MR) is 89.4 cm³/mol. The Morgan fingerprint density at radius 2 is 1.92 bits per heavy atom. The van der Waals surface area contributed by atoms with E-state index in [1.165, 1.54) is 22.7 Å². The quantitative estimate of drug-likeness (QED) is 0.705. The van der Waals surface area contributed by atoms with Gasteiger partial charge in [0, 0.05) is 9.92 Å². The van der Waals surface area contributed by atoms with Gasteiger partial charge in [0.25, 0.3) is 0 Å². The molecular weight excluding hydrogens is 359 g/mol.